The fourth-order valence-corrected chi connectivity index (χ4v) is 2.79. The van der Waals surface area contributed by atoms with Gasteiger partial charge in [-0.3, -0.25) is 4.90 Å². The Hall–Kier alpha value is -1.29. The second-order valence-corrected chi connectivity index (χ2v) is 6.64. The topological polar surface area (TPSA) is 49.8 Å². The van der Waals surface area contributed by atoms with Crippen molar-refractivity contribution in [2.45, 2.75) is 57.6 Å². The first-order valence-corrected chi connectivity index (χ1v) is 7.40. The molecule has 0 unspecified atom stereocenters. The van der Waals surface area contributed by atoms with Crippen LogP contribution < -0.4 is 0 Å². The largest absolute Gasteiger partial charge is 0.508 e. The van der Waals surface area contributed by atoms with Gasteiger partial charge in [0.2, 0.25) is 0 Å². The second kappa shape index (κ2) is 5.60. The van der Waals surface area contributed by atoms with E-state index in [0.29, 0.717) is 6.42 Å². The van der Waals surface area contributed by atoms with E-state index in [9.17, 15) is 9.90 Å². The van der Waals surface area contributed by atoms with E-state index in [1.165, 1.54) is 6.42 Å². The molecule has 1 atom stereocenters. The van der Waals surface area contributed by atoms with Gasteiger partial charge >= 0.3 is 5.97 Å². The average molecular weight is 279 g/mol. The van der Waals surface area contributed by atoms with Crippen molar-refractivity contribution in [2.75, 3.05) is 13.1 Å². The number of aliphatic hydroxyl groups is 1. The molecule has 0 aromatic rings. The maximum atomic E-state index is 12.7. The zero-order chi connectivity index (χ0) is 14.8. The predicted molar refractivity (Wildman–Crippen MR) is 78.5 cm³/mol. The van der Waals surface area contributed by atoms with Gasteiger partial charge in [-0.05, 0) is 64.9 Å². The molecule has 0 radical (unpaired) electrons. The number of ether oxygens (including phenoxy) is 1. The lowest BCUT2D eigenvalue weighted by atomic mass is 9.86. The van der Waals surface area contributed by atoms with Gasteiger partial charge in [-0.15, -0.1) is 0 Å². The van der Waals surface area contributed by atoms with Gasteiger partial charge in [-0.25, -0.2) is 4.79 Å². The van der Waals surface area contributed by atoms with E-state index < -0.39 is 11.1 Å². The maximum absolute atomic E-state index is 12.7. The third-order valence-electron chi connectivity index (χ3n) is 3.82. The Kier molecular flexibility index (Phi) is 4.23. The zero-order valence-corrected chi connectivity index (χ0v) is 12.7. The van der Waals surface area contributed by atoms with E-state index in [4.69, 9.17) is 4.74 Å². The van der Waals surface area contributed by atoms with Crippen molar-refractivity contribution < 1.29 is 14.6 Å². The van der Waals surface area contributed by atoms with Crippen LogP contribution in [0.2, 0.25) is 0 Å². The Morgan fingerprint density at radius 1 is 1.30 bits per heavy atom. The van der Waals surface area contributed by atoms with Gasteiger partial charge < -0.3 is 9.84 Å². The van der Waals surface area contributed by atoms with Gasteiger partial charge in [0.25, 0.3) is 0 Å². The Balaban J connectivity index is 2.25. The molecule has 0 spiro atoms. The molecule has 1 N–H and O–H groups in total. The van der Waals surface area contributed by atoms with Crippen molar-refractivity contribution in [3.63, 3.8) is 0 Å². The summed E-state index contributed by atoms with van der Waals surface area (Å²) >= 11 is 0. The van der Waals surface area contributed by atoms with Crippen LogP contribution in [0.25, 0.3) is 0 Å². The lowest BCUT2D eigenvalue weighted by molar-refractivity contribution is -0.167. The van der Waals surface area contributed by atoms with Crippen LogP contribution in [0.15, 0.2) is 24.0 Å². The summed E-state index contributed by atoms with van der Waals surface area (Å²) in [5, 5.41) is 9.56. The second-order valence-electron chi connectivity index (χ2n) is 6.64. The summed E-state index contributed by atoms with van der Waals surface area (Å²) in [6.45, 7) is 7.45. The summed E-state index contributed by atoms with van der Waals surface area (Å²) in [4.78, 5) is 14.9. The first kappa shape index (κ1) is 15.1. The molecule has 2 rings (SSSR count). The van der Waals surface area contributed by atoms with Crippen molar-refractivity contribution in [1.82, 2.24) is 4.90 Å². The number of hydrogen-bond acceptors (Lipinski definition) is 4. The Morgan fingerprint density at radius 2 is 1.95 bits per heavy atom. The highest BCUT2D eigenvalue weighted by Crippen LogP contribution is 2.32. The summed E-state index contributed by atoms with van der Waals surface area (Å²) < 4.78 is 5.63. The summed E-state index contributed by atoms with van der Waals surface area (Å²) in [6.07, 6.45) is 9.03. The van der Waals surface area contributed by atoms with Crippen molar-refractivity contribution in [1.29, 1.82) is 0 Å². The van der Waals surface area contributed by atoms with Gasteiger partial charge in [0.05, 0.1) is 0 Å². The van der Waals surface area contributed by atoms with Crippen LogP contribution in [0.1, 0.15) is 46.5 Å². The van der Waals surface area contributed by atoms with Crippen LogP contribution in [0.3, 0.4) is 0 Å². The molecule has 112 valence electrons. The molecule has 0 amide bonds. The molecule has 0 aromatic heterocycles. The average Bonchev–Trinajstić information content (AvgIpc) is 2.39. The smallest absolute Gasteiger partial charge is 0.331 e. The van der Waals surface area contributed by atoms with E-state index in [2.05, 4.69) is 4.90 Å². The van der Waals surface area contributed by atoms with Crippen LogP contribution in [-0.4, -0.2) is 40.2 Å². The standard InChI is InChI=1S/C16H25NO3/c1-15(2,3)20-14(19)16(9-7-13(18)8-10-16)17-11-5-4-6-12-17/h7-9,18H,4-6,10-12H2,1-3H3/t16-/m1/s1. The van der Waals surface area contributed by atoms with Crippen molar-refractivity contribution in [2.24, 2.45) is 0 Å². The number of rotatable bonds is 2. The fourth-order valence-electron chi connectivity index (χ4n) is 2.79. The highest BCUT2D eigenvalue weighted by Gasteiger charge is 2.45. The number of likely N-dealkylation sites (tertiary alicyclic amines) is 1. The minimum Gasteiger partial charge on any atom is -0.508 e. The van der Waals surface area contributed by atoms with Crippen LogP contribution >= 0.6 is 0 Å². The van der Waals surface area contributed by atoms with Gasteiger partial charge in [0.1, 0.15) is 16.9 Å². The summed E-state index contributed by atoms with van der Waals surface area (Å²) in [6, 6.07) is 0. The number of hydrogen-bond donors (Lipinski definition) is 1. The number of carbonyl (C=O) groups is 1. The van der Waals surface area contributed by atoms with Gasteiger partial charge in [0.15, 0.2) is 0 Å². The molecule has 0 bridgehead atoms. The minimum atomic E-state index is -0.750. The molecular formula is C16H25NO3. The number of piperidine rings is 1. The first-order chi connectivity index (χ1) is 9.33. The molecule has 4 nitrogen and oxygen atoms in total. The fraction of sp³-hybridized carbons (Fsp3) is 0.688. The quantitative estimate of drug-likeness (QED) is 0.790. The van der Waals surface area contributed by atoms with E-state index in [1.54, 1.807) is 12.2 Å². The number of allylic oxidation sites excluding steroid dienone is 1. The van der Waals surface area contributed by atoms with E-state index in [0.717, 1.165) is 25.9 Å². The lowest BCUT2D eigenvalue weighted by Crippen LogP contribution is -2.57. The molecule has 1 heterocycles. The van der Waals surface area contributed by atoms with Crippen molar-refractivity contribution >= 4 is 5.97 Å². The third-order valence-corrected chi connectivity index (χ3v) is 3.82. The van der Waals surface area contributed by atoms with E-state index >= 15 is 0 Å². The summed E-state index contributed by atoms with van der Waals surface area (Å²) in [5.74, 6) is 0.00749. The number of aliphatic hydroxyl groups excluding tert-OH is 1. The molecule has 4 heteroatoms. The summed E-state index contributed by atoms with van der Waals surface area (Å²) in [5.41, 5.74) is -1.25. The first-order valence-electron chi connectivity index (χ1n) is 7.40. The maximum Gasteiger partial charge on any atom is 0.331 e. The molecule has 2 aliphatic rings. The monoisotopic (exact) mass is 279 g/mol. The van der Waals surface area contributed by atoms with Crippen LogP contribution in [0.5, 0.6) is 0 Å². The molecule has 1 saturated heterocycles. The Morgan fingerprint density at radius 3 is 2.45 bits per heavy atom. The molecule has 0 saturated carbocycles. The number of nitrogens with zero attached hydrogens (tertiary/aromatic N) is 1. The minimum absolute atomic E-state index is 0.216. The van der Waals surface area contributed by atoms with Gasteiger partial charge in [-0.2, -0.15) is 0 Å². The molecular weight excluding hydrogens is 254 g/mol. The molecule has 1 aliphatic heterocycles. The number of esters is 1. The third kappa shape index (κ3) is 3.23. The predicted octanol–water partition coefficient (Wildman–Crippen LogP) is 2.95. The van der Waals surface area contributed by atoms with Gasteiger partial charge in [-0.1, -0.05) is 6.42 Å². The molecule has 1 aliphatic carbocycles. The van der Waals surface area contributed by atoms with E-state index in [1.807, 2.05) is 26.8 Å². The number of carbonyl (C=O) groups excluding carboxylic acids is 1. The SMILES string of the molecule is CC(C)(C)OC(=O)[C@@]1(N2CCCCC2)C=CC(O)=CC1. The zero-order valence-electron chi connectivity index (χ0n) is 12.7. The van der Waals surface area contributed by atoms with Crippen LogP contribution in [-0.2, 0) is 9.53 Å². The van der Waals surface area contributed by atoms with E-state index in [-0.39, 0.29) is 11.7 Å². The van der Waals surface area contributed by atoms with Crippen molar-refractivity contribution in [3.8, 4) is 0 Å². The highest BCUT2D eigenvalue weighted by molar-refractivity contribution is 5.84. The molecule has 20 heavy (non-hydrogen) atoms. The highest BCUT2D eigenvalue weighted by atomic mass is 16.6. The normalized spacial score (nSPS) is 28.1. The lowest BCUT2D eigenvalue weighted by Gasteiger charge is -2.43. The Bertz CT molecular complexity index is 427. The van der Waals surface area contributed by atoms with Crippen molar-refractivity contribution in [3.05, 3.63) is 24.0 Å². The molecule has 1 fully saturated rings. The molecule has 0 aromatic carbocycles. The Labute approximate surface area is 121 Å². The van der Waals surface area contributed by atoms with Gasteiger partial charge in [0, 0.05) is 6.42 Å². The van der Waals surface area contributed by atoms with Crippen LogP contribution in [0.4, 0.5) is 0 Å². The summed E-state index contributed by atoms with van der Waals surface area (Å²) in [7, 11) is 0. The van der Waals surface area contributed by atoms with Crippen LogP contribution in [0, 0.1) is 0 Å².